The topological polar surface area (TPSA) is 64.7 Å². The van der Waals surface area contributed by atoms with E-state index in [9.17, 15) is 4.79 Å². The zero-order chi connectivity index (χ0) is 19.3. The van der Waals surface area contributed by atoms with Gasteiger partial charge in [0.15, 0.2) is 0 Å². The average molecular weight is 360 g/mol. The summed E-state index contributed by atoms with van der Waals surface area (Å²) >= 11 is 0. The van der Waals surface area contributed by atoms with E-state index in [-0.39, 0.29) is 5.91 Å². The Kier molecular flexibility index (Phi) is 7.00. The molecule has 0 spiro atoms. The number of amides is 1. The summed E-state index contributed by atoms with van der Waals surface area (Å²) in [7, 11) is 0. The summed E-state index contributed by atoms with van der Waals surface area (Å²) in [4.78, 5) is 12.1. The fourth-order valence-electron chi connectivity index (χ4n) is 3.30. The fourth-order valence-corrected chi connectivity index (χ4v) is 3.30. The highest BCUT2D eigenvalue weighted by atomic mass is 16.1. The lowest BCUT2D eigenvalue weighted by molar-refractivity contribution is -0.121. The molecule has 26 heavy (non-hydrogen) atoms. The van der Waals surface area contributed by atoms with Crippen LogP contribution in [0.4, 0.5) is 0 Å². The van der Waals surface area contributed by atoms with Crippen LogP contribution in [0.3, 0.4) is 0 Å². The van der Waals surface area contributed by atoms with Crippen molar-refractivity contribution in [1.82, 2.24) is 24.9 Å². The third-order valence-corrected chi connectivity index (χ3v) is 4.64. The highest BCUT2D eigenvalue weighted by Crippen LogP contribution is 2.16. The van der Waals surface area contributed by atoms with Crippen molar-refractivity contribution in [1.29, 1.82) is 0 Å². The van der Waals surface area contributed by atoms with E-state index in [4.69, 9.17) is 0 Å². The van der Waals surface area contributed by atoms with Crippen LogP contribution in [0, 0.1) is 33.6 Å². The molecule has 0 atom stereocenters. The Morgan fingerprint density at radius 2 is 1.88 bits per heavy atom. The summed E-state index contributed by atoms with van der Waals surface area (Å²) in [6.45, 7) is 15.0. The molecule has 6 nitrogen and oxygen atoms in total. The number of aryl methyl sites for hydroxylation is 4. The van der Waals surface area contributed by atoms with E-state index in [1.165, 1.54) is 11.3 Å². The number of hydrogen-bond acceptors (Lipinski definition) is 3. The third-order valence-electron chi connectivity index (χ3n) is 4.64. The Morgan fingerprint density at radius 1 is 1.15 bits per heavy atom. The molecule has 2 aromatic heterocycles. The zero-order valence-corrected chi connectivity index (χ0v) is 17.1. The summed E-state index contributed by atoms with van der Waals surface area (Å²) < 4.78 is 4.07. The summed E-state index contributed by atoms with van der Waals surface area (Å²) in [6.07, 6.45) is 2.14. The van der Waals surface area contributed by atoms with E-state index < -0.39 is 0 Å². The number of carbonyl (C=O) groups is 1. The molecule has 2 rings (SSSR count). The second-order valence-electron chi connectivity index (χ2n) is 7.58. The first-order chi connectivity index (χ1) is 12.3. The Morgan fingerprint density at radius 3 is 2.50 bits per heavy atom. The Labute approximate surface area is 157 Å². The molecule has 0 unspecified atom stereocenters. The van der Waals surface area contributed by atoms with Crippen molar-refractivity contribution in [2.75, 3.05) is 6.54 Å². The van der Waals surface area contributed by atoms with Crippen LogP contribution in [0.5, 0.6) is 0 Å². The minimum Gasteiger partial charge on any atom is -0.356 e. The first-order valence-corrected chi connectivity index (χ1v) is 9.58. The number of carbonyl (C=O) groups excluding carboxylic acids is 1. The second-order valence-corrected chi connectivity index (χ2v) is 7.58. The predicted octanol–water partition coefficient (Wildman–Crippen LogP) is 3.11. The molecule has 0 fully saturated rings. The highest BCUT2D eigenvalue weighted by molar-refractivity contribution is 5.76. The van der Waals surface area contributed by atoms with Crippen molar-refractivity contribution in [3.8, 4) is 0 Å². The number of rotatable bonds is 9. The van der Waals surface area contributed by atoms with Gasteiger partial charge in [-0.25, -0.2) is 0 Å². The molecule has 2 heterocycles. The molecule has 6 heteroatoms. The molecular formula is C20H33N5O. The molecule has 0 saturated heterocycles. The highest BCUT2D eigenvalue weighted by Gasteiger charge is 2.13. The SMILES string of the molecule is Cc1cc(C)n(CCCNC(=O)CCc2c(C)nn(CC(C)C)c2C)n1. The van der Waals surface area contributed by atoms with Crippen molar-refractivity contribution in [2.45, 2.75) is 73.9 Å². The van der Waals surface area contributed by atoms with Crippen LogP contribution in [0.1, 0.15) is 55.0 Å². The van der Waals surface area contributed by atoms with Crippen LogP contribution < -0.4 is 5.32 Å². The maximum atomic E-state index is 12.1. The molecule has 0 aromatic carbocycles. The summed E-state index contributed by atoms with van der Waals surface area (Å²) in [6, 6.07) is 2.07. The largest absolute Gasteiger partial charge is 0.356 e. The van der Waals surface area contributed by atoms with Gasteiger partial charge in [0.25, 0.3) is 0 Å². The van der Waals surface area contributed by atoms with Gasteiger partial charge in [-0.15, -0.1) is 0 Å². The predicted molar refractivity (Wildman–Crippen MR) is 104 cm³/mol. The van der Waals surface area contributed by atoms with Crippen molar-refractivity contribution in [3.63, 3.8) is 0 Å². The van der Waals surface area contributed by atoms with E-state index >= 15 is 0 Å². The van der Waals surface area contributed by atoms with Gasteiger partial charge in [0.2, 0.25) is 5.91 Å². The molecule has 0 aliphatic rings. The number of nitrogens with zero attached hydrogens (tertiary/aromatic N) is 4. The van der Waals surface area contributed by atoms with Gasteiger partial charge in [0.1, 0.15) is 0 Å². The van der Waals surface area contributed by atoms with Crippen LogP contribution in [-0.2, 0) is 24.3 Å². The monoisotopic (exact) mass is 359 g/mol. The molecule has 144 valence electrons. The molecule has 2 aromatic rings. The average Bonchev–Trinajstić information content (AvgIpc) is 3.00. The Hall–Kier alpha value is -2.11. The maximum absolute atomic E-state index is 12.1. The first-order valence-electron chi connectivity index (χ1n) is 9.58. The minimum atomic E-state index is 0.105. The molecule has 1 amide bonds. The lowest BCUT2D eigenvalue weighted by Gasteiger charge is -2.09. The molecule has 0 bridgehead atoms. The Bertz CT molecular complexity index is 742. The van der Waals surface area contributed by atoms with Crippen LogP contribution >= 0.6 is 0 Å². The van der Waals surface area contributed by atoms with Gasteiger partial charge in [-0.1, -0.05) is 13.8 Å². The van der Waals surface area contributed by atoms with Crippen molar-refractivity contribution >= 4 is 5.91 Å². The van der Waals surface area contributed by atoms with Gasteiger partial charge >= 0.3 is 0 Å². The second kappa shape index (κ2) is 9.01. The molecule has 0 saturated carbocycles. The van der Waals surface area contributed by atoms with E-state index in [0.29, 0.717) is 18.9 Å². The molecule has 0 aliphatic carbocycles. The third kappa shape index (κ3) is 5.44. The van der Waals surface area contributed by atoms with Crippen LogP contribution in [-0.4, -0.2) is 32.0 Å². The van der Waals surface area contributed by atoms with Crippen LogP contribution in [0.25, 0.3) is 0 Å². The normalized spacial score (nSPS) is 11.3. The Balaban J connectivity index is 1.75. The lowest BCUT2D eigenvalue weighted by Crippen LogP contribution is -2.25. The number of nitrogens with one attached hydrogen (secondary N) is 1. The molecule has 0 radical (unpaired) electrons. The van der Waals surface area contributed by atoms with Crippen LogP contribution in [0.15, 0.2) is 6.07 Å². The van der Waals surface area contributed by atoms with Crippen molar-refractivity contribution < 1.29 is 4.79 Å². The van der Waals surface area contributed by atoms with Gasteiger partial charge < -0.3 is 5.32 Å². The van der Waals surface area contributed by atoms with Crippen LogP contribution in [0.2, 0.25) is 0 Å². The van der Waals surface area contributed by atoms with Gasteiger partial charge in [0, 0.05) is 37.4 Å². The van der Waals surface area contributed by atoms with Crippen molar-refractivity contribution in [2.24, 2.45) is 5.92 Å². The van der Waals surface area contributed by atoms with E-state index in [0.717, 1.165) is 43.0 Å². The summed E-state index contributed by atoms with van der Waals surface area (Å²) in [5.41, 5.74) is 5.64. The first kappa shape index (κ1) is 20.2. The fraction of sp³-hybridized carbons (Fsp3) is 0.650. The van der Waals surface area contributed by atoms with E-state index in [1.54, 1.807) is 0 Å². The van der Waals surface area contributed by atoms with Gasteiger partial charge in [0.05, 0.1) is 11.4 Å². The zero-order valence-electron chi connectivity index (χ0n) is 17.1. The van der Waals surface area contributed by atoms with E-state index in [1.807, 2.05) is 18.5 Å². The molecular weight excluding hydrogens is 326 g/mol. The smallest absolute Gasteiger partial charge is 0.220 e. The standard InChI is InChI=1S/C20H33N5O/c1-14(2)13-25-18(6)19(17(5)23-25)8-9-20(26)21-10-7-11-24-16(4)12-15(3)22-24/h12,14H,7-11,13H2,1-6H3,(H,21,26). The minimum absolute atomic E-state index is 0.105. The maximum Gasteiger partial charge on any atom is 0.220 e. The van der Waals surface area contributed by atoms with E-state index in [2.05, 4.69) is 54.0 Å². The molecule has 1 N–H and O–H groups in total. The summed E-state index contributed by atoms with van der Waals surface area (Å²) in [5.74, 6) is 0.667. The van der Waals surface area contributed by atoms with Gasteiger partial charge in [-0.3, -0.25) is 14.2 Å². The lowest BCUT2D eigenvalue weighted by atomic mass is 10.1. The van der Waals surface area contributed by atoms with Gasteiger partial charge in [-0.05, 0) is 58.1 Å². The number of hydrogen-bond donors (Lipinski definition) is 1. The summed E-state index contributed by atoms with van der Waals surface area (Å²) in [5, 5.41) is 12.1. The molecule has 0 aliphatic heterocycles. The van der Waals surface area contributed by atoms with Crippen molar-refractivity contribution in [3.05, 3.63) is 34.4 Å². The number of aromatic nitrogens is 4. The quantitative estimate of drug-likeness (QED) is 0.700. The van der Waals surface area contributed by atoms with Gasteiger partial charge in [-0.2, -0.15) is 10.2 Å².